The number of hydrogen-bond donors (Lipinski definition) is 2. The monoisotopic (exact) mass is 291 g/mol. The van der Waals surface area contributed by atoms with Crippen LogP contribution < -0.4 is 11.1 Å². The van der Waals surface area contributed by atoms with Crippen molar-refractivity contribution in [3.8, 4) is 0 Å². The highest BCUT2D eigenvalue weighted by molar-refractivity contribution is 7.92. The van der Waals surface area contributed by atoms with Crippen molar-refractivity contribution >= 4 is 32.0 Å². The number of nitrogens with one attached hydrogen (secondary N) is 1. The molecule has 20 heavy (non-hydrogen) atoms. The Morgan fingerprint density at radius 1 is 1.35 bits per heavy atom. The SMILES string of the molecule is Nc1c(NCC2CCCS2(=O)=O)ccc2cnccc12. The smallest absolute Gasteiger partial charge is 0.154 e. The number of pyridine rings is 1. The lowest BCUT2D eigenvalue weighted by molar-refractivity contribution is 0.591. The molecule has 3 N–H and O–H groups in total. The molecule has 1 aliphatic heterocycles. The predicted molar refractivity (Wildman–Crippen MR) is 81.5 cm³/mol. The number of nitrogens with two attached hydrogens (primary N) is 1. The average molecular weight is 291 g/mol. The van der Waals surface area contributed by atoms with E-state index in [9.17, 15) is 8.42 Å². The van der Waals surface area contributed by atoms with Crippen molar-refractivity contribution in [2.24, 2.45) is 0 Å². The van der Waals surface area contributed by atoms with Crippen molar-refractivity contribution in [2.75, 3.05) is 23.3 Å². The minimum absolute atomic E-state index is 0.296. The number of sulfone groups is 1. The Morgan fingerprint density at radius 2 is 2.20 bits per heavy atom. The maximum atomic E-state index is 11.8. The van der Waals surface area contributed by atoms with Crippen LogP contribution in [0, 0.1) is 0 Å². The first-order valence-electron chi connectivity index (χ1n) is 6.65. The predicted octanol–water partition coefficient (Wildman–Crippen LogP) is 1.81. The lowest BCUT2D eigenvalue weighted by Crippen LogP contribution is -2.25. The Balaban J connectivity index is 1.83. The standard InChI is InChI=1S/C14H17N3O2S/c15-14-12-5-6-16-8-10(12)3-4-13(14)17-9-11-2-1-7-20(11,18)19/h3-6,8,11,17H,1-2,7,9,15H2. The third-order valence-corrected chi connectivity index (χ3v) is 6.12. The van der Waals surface area contributed by atoms with Crippen molar-refractivity contribution in [2.45, 2.75) is 18.1 Å². The highest BCUT2D eigenvalue weighted by atomic mass is 32.2. The molecular formula is C14H17N3O2S. The van der Waals surface area contributed by atoms with E-state index >= 15 is 0 Å². The molecule has 1 aliphatic rings. The van der Waals surface area contributed by atoms with Gasteiger partial charge in [-0.15, -0.1) is 0 Å². The summed E-state index contributed by atoms with van der Waals surface area (Å²) in [5.74, 6) is 0.304. The van der Waals surface area contributed by atoms with Gasteiger partial charge < -0.3 is 11.1 Å². The van der Waals surface area contributed by atoms with E-state index in [4.69, 9.17) is 5.73 Å². The Labute approximate surface area is 118 Å². The molecule has 106 valence electrons. The Kier molecular flexibility index (Phi) is 3.25. The normalized spacial score (nSPS) is 21.1. The molecule has 1 saturated heterocycles. The van der Waals surface area contributed by atoms with E-state index < -0.39 is 9.84 Å². The maximum Gasteiger partial charge on any atom is 0.154 e. The maximum absolute atomic E-state index is 11.8. The van der Waals surface area contributed by atoms with Crippen molar-refractivity contribution in [1.29, 1.82) is 0 Å². The van der Waals surface area contributed by atoms with Gasteiger partial charge in [0.15, 0.2) is 9.84 Å². The zero-order valence-corrected chi connectivity index (χ0v) is 11.9. The summed E-state index contributed by atoms with van der Waals surface area (Å²) in [6.07, 6.45) is 4.95. The van der Waals surface area contributed by atoms with Gasteiger partial charge in [0.1, 0.15) is 0 Å². The summed E-state index contributed by atoms with van der Waals surface area (Å²) >= 11 is 0. The highest BCUT2D eigenvalue weighted by Crippen LogP contribution is 2.29. The van der Waals surface area contributed by atoms with Crippen LogP contribution in [0.25, 0.3) is 10.8 Å². The Morgan fingerprint density at radius 3 is 2.95 bits per heavy atom. The van der Waals surface area contributed by atoms with Gasteiger partial charge in [-0.05, 0) is 25.0 Å². The summed E-state index contributed by atoms with van der Waals surface area (Å²) in [6.45, 7) is 0.420. The third-order valence-electron chi connectivity index (χ3n) is 3.84. The van der Waals surface area contributed by atoms with Gasteiger partial charge in [-0.3, -0.25) is 4.98 Å². The molecule has 5 nitrogen and oxygen atoms in total. The first kappa shape index (κ1) is 13.2. The van der Waals surface area contributed by atoms with Crippen LogP contribution in [0.2, 0.25) is 0 Å². The van der Waals surface area contributed by atoms with Crippen LogP contribution in [0.5, 0.6) is 0 Å². The average Bonchev–Trinajstić information content (AvgIpc) is 2.77. The molecule has 0 aliphatic carbocycles. The number of nitrogen functional groups attached to an aromatic ring is 1. The number of anilines is 2. The molecule has 1 unspecified atom stereocenters. The summed E-state index contributed by atoms with van der Waals surface area (Å²) in [7, 11) is -2.93. The van der Waals surface area contributed by atoms with Crippen molar-refractivity contribution in [1.82, 2.24) is 4.98 Å². The molecule has 0 radical (unpaired) electrons. The second kappa shape index (κ2) is 4.94. The molecule has 1 atom stereocenters. The quantitative estimate of drug-likeness (QED) is 0.842. The molecule has 0 amide bonds. The van der Waals surface area contributed by atoms with E-state index in [0.29, 0.717) is 18.0 Å². The van der Waals surface area contributed by atoms with Crippen LogP contribution in [0.15, 0.2) is 30.6 Å². The second-order valence-corrected chi connectivity index (χ2v) is 7.54. The van der Waals surface area contributed by atoms with E-state index in [1.165, 1.54) is 0 Å². The van der Waals surface area contributed by atoms with Gasteiger partial charge in [0.25, 0.3) is 0 Å². The van der Waals surface area contributed by atoms with Crippen LogP contribution >= 0.6 is 0 Å². The van der Waals surface area contributed by atoms with E-state index in [2.05, 4.69) is 10.3 Å². The lowest BCUT2D eigenvalue weighted by Gasteiger charge is -2.14. The molecular weight excluding hydrogens is 274 g/mol. The van der Waals surface area contributed by atoms with E-state index in [-0.39, 0.29) is 5.25 Å². The Bertz CT molecular complexity index is 743. The second-order valence-electron chi connectivity index (χ2n) is 5.14. The van der Waals surface area contributed by atoms with Gasteiger partial charge in [-0.25, -0.2) is 8.42 Å². The summed E-state index contributed by atoms with van der Waals surface area (Å²) in [5, 5.41) is 4.79. The van der Waals surface area contributed by atoms with Gasteiger partial charge in [0.05, 0.1) is 22.4 Å². The third kappa shape index (κ3) is 2.31. The van der Waals surface area contributed by atoms with E-state index in [0.717, 1.165) is 29.3 Å². The number of benzene rings is 1. The molecule has 0 spiro atoms. The van der Waals surface area contributed by atoms with Gasteiger partial charge in [-0.1, -0.05) is 6.07 Å². The molecule has 2 heterocycles. The molecule has 3 rings (SSSR count). The van der Waals surface area contributed by atoms with Crippen LogP contribution in [0.4, 0.5) is 11.4 Å². The molecule has 0 bridgehead atoms. The Hall–Kier alpha value is -1.82. The summed E-state index contributed by atoms with van der Waals surface area (Å²) in [5.41, 5.74) is 7.55. The zero-order valence-electron chi connectivity index (χ0n) is 11.0. The first-order valence-corrected chi connectivity index (χ1v) is 8.37. The number of aromatic nitrogens is 1. The van der Waals surface area contributed by atoms with Crippen LogP contribution in [-0.4, -0.2) is 30.9 Å². The van der Waals surface area contributed by atoms with Crippen molar-refractivity contribution in [3.63, 3.8) is 0 Å². The van der Waals surface area contributed by atoms with Crippen LogP contribution in [0.3, 0.4) is 0 Å². The van der Waals surface area contributed by atoms with Gasteiger partial charge >= 0.3 is 0 Å². The summed E-state index contributed by atoms with van der Waals surface area (Å²) < 4.78 is 23.6. The minimum Gasteiger partial charge on any atom is -0.397 e. The molecule has 1 fully saturated rings. The minimum atomic E-state index is -2.93. The van der Waals surface area contributed by atoms with E-state index in [1.54, 1.807) is 12.4 Å². The first-order chi connectivity index (χ1) is 9.58. The fourth-order valence-corrected chi connectivity index (χ4v) is 4.42. The highest BCUT2D eigenvalue weighted by Gasteiger charge is 2.30. The number of hydrogen-bond acceptors (Lipinski definition) is 5. The largest absolute Gasteiger partial charge is 0.397 e. The van der Waals surface area contributed by atoms with E-state index in [1.807, 2.05) is 18.2 Å². The number of rotatable bonds is 3. The van der Waals surface area contributed by atoms with Crippen LogP contribution in [-0.2, 0) is 9.84 Å². The fourth-order valence-electron chi connectivity index (χ4n) is 2.66. The fraction of sp³-hybridized carbons (Fsp3) is 0.357. The van der Waals surface area contributed by atoms with Gasteiger partial charge in [0.2, 0.25) is 0 Å². The van der Waals surface area contributed by atoms with Gasteiger partial charge in [0, 0.05) is 29.7 Å². The number of nitrogens with zero attached hydrogens (tertiary/aromatic N) is 1. The molecule has 1 aromatic heterocycles. The number of fused-ring (bicyclic) bond motifs is 1. The summed E-state index contributed by atoms with van der Waals surface area (Å²) in [6, 6.07) is 5.67. The summed E-state index contributed by atoms with van der Waals surface area (Å²) in [4.78, 5) is 4.06. The molecule has 2 aromatic rings. The zero-order chi connectivity index (χ0) is 14.2. The molecule has 6 heteroatoms. The topological polar surface area (TPSA) is 85.1 Å². The van der Waals surface area contributed by atoms with Crippen molar-refractivity contribution < 1.29 is 8.42 Å². The van der Waals surface area contributed by atoms with Gasteiger partial charge in [-0.2, -0.15) is 0 Å². The van der Waals surface area contributed by atoms with Crippen molar-refractivity contribution in [3.05, 3.63) is 30.6 Å². The molecule has 0 saturated carbocycles. The van der Waals surface area contributed by atoms with Crippen LogP contribution in [0.1, 0.15) is 12.8 Å². The lowest BCUT2D eigenvalue weighted by atomic mass is 10.1. The molecule has 1 aromatic carbocycles.